The number of aryl methyl sites for hydroxylation is 1. The molecule has 0 aliphatic heterocycles. The number of ether oxygens (including phenoxy) is 1. The van der Waals surface area contributed by atoms with Gasteiger partial charge in [-0.3, -0.25) is 0 Å². The van der Waals surface area contributed by atoms with Crippen molar-refractivity contribution in [3.8, 4) is 16.9 Å². The van der Waals surface area contributed by atoms with Crippen molar-refractivity contribution in [2.45, 2.75) is 20.0 Å². The fourth-order valence-electron chi connectivity index (χ4n) is 2.15. The Balaban J connectivity index is 1.64. The second-order valence-electron chi connectivity index (χ2n) is 5.14. The topological polar surface area (TPSA) is 85.5 Å². The number of nitrogens with zero attached hydrogens (tertiary/aromatic N) is 2. The number of carbonyl (C=O) groups excluding carboxylic acids is 1. The normalized spacial score (nSPS) is 10.5. The molecule has 2 aromatic carbocycles. The van der Waals surface area contributed by atoms with E-state index in [4.69, 9.17) is 9.15 Å². The lowest BCUT2D eigenvalue weighted by molar-refractivity contribution is 0.0436. The fraction of sp³-hybridized carbons (Fsp3) is 0.167. The summed E-state index contributed by atoms with van der Waals surface area (Å²) >= 11 is 0. The van der Waals surface area contributed by atoms with E-state index in [1.54, 1.807) is 24.3 Å². The maximum absolute atomic E-state index is 12.0. The first-order valence-electron chi connectivity index (χ1n) is 7.53. The van der Waals surface area contributed by atoms with E-state index in [9.17, 15) is 9.90 Å². The first kappa shape index (κ1) is 15.7. The summed E-state index contributed by atoms with van der Waals surface area (Å²) in [5.41, 5.74) is 2.33. The largest absolute Gasteiger partial charge is 0.508 e. The third-order valence-corrected chi connectivity index (χ3v) is 3.46. The highest BCUT2D eigenvalue weighted by atomic mass is 16.5. The summed E-state index contributed by atoms with van der Waals surface area (Å²) in [6.07, 6.45) is 0.639. The molecule has 6 nitrogen and oxygen atoms in total. The predicted octanol–water partition coefficient (Wildman–Crippen LogP) is 3.36. The van der Waals surface area contributed by atoms with E-state index in [0.29, 0.717) is 17.9 Å². The fourth-order valence-corrected chi connectivity index (χ4v) is 2.15. The van der Waals surface area contributed by atoms with Crippen molar-refractivity contribution in [3.05, 3.63) is 65.9 Å². The molecule has 0 fully saturated rings. The molecule has 0 atom stereocenters. The summed E-state index contributed by atoms with van der Waals surface area (Å²) in [4.78, 5) is 12.0. The second kappa shape index (κ2) is 6.95. The van der Waals surface area contributed by atoms with E-state index in [-0.39, 0.29) is 18.2 Å². The van der Waals surface area contributed by atoms with Crippen molar-refractivity contribution in [3.63, 3.8) is 0 Å². The molecule has 0 saturated carbocycles. The standard InChI is InChI=1S/C18H16N2O4/c1-2-16-19-20-17(24-16)11-23-18(22)14-5-3-12(4-6-14)13-7-9-15(21)10-8-13/h3-10,21H,2,11H2,1H3. The summed E-state index contributed by atoms with van der Waals surface area (Å²) in [5.74, 6) is 0.551. The Bertz CT molecular complexity index is 823. The van der Waals surface area contributed by atoms with Crippen molar-refractivity contribution in [1.29, 1.82) is 0 Å². The van der Waals surface area contributed by atoms with Crippen LogP contribution in [0.4, 0.5) is 0 Å². The molecule has 0 saturated heterocycles. The van der Waals surface area contributed by atoms with E-state index in [1.165, 1.54) is 0 Å². The molecule has 0 spiro atoms. The molecule has 0 bridgehead atoms. The number of rotatable bonds is 5. The molecule has 122 valence electrons. The Morgan fingerprint density at radius 1 is 1.00 bits per heavy atom. The SMILES string of the molecule is CCc1nnc(COC(=O)c2ccc(-c3ccc(O)cc3)cc2)o1. The molecule has 3 aromatic rings. The van der Waals surface area contributed by atoms with Gasteiger partial charge in [-0.1, -0.05) is 31.2 Å². The van der Waals surface area contributed by atoms with Gasteiger partial charge in [0.1, 0.15) is 5.75 Å². The molecule has 3 rings (SSSR count). The van der Waals surface area contributed by atoms with Gasteiger partial charge in [0.25, 0.3) is 5.89 Å². The van der Waals surface area contributed by atoms with E-state index >= 15 is 0 Å². The van der Waals surface area contributed by atoms with Crippen LogP contribution in [0.2, 0.25) is 0 Å². The highest BCUT2D eigenvalue weighted by Gasteiger charge is 2.11. The minimum atomic E-state index is -0.455. The average Bonchev–Trinajstić information content (AvgIpc) is 3.09. The van der Waals surface area contributed by atoms with Crippen LogP contribution in [0.3, 0.4) is 0 Å². The number of hydrogen-bond donors (Lipinski definition) is 1. The molecule has 0 aliphatic rings. The number of phenols is 1. The summed E-state index contributed by atoms with van der Waals surface area (Å²) in [6, 6.07) is 13.9. The Labute approximate surface area is 138 Å². The van der Waals surface area contributed by atoms with Crippen LogP contribution in [0.1, 0.15) is 29.1 Å². The van der Waals surface area contributed by atoms with Crippen LogP contribution in [0, 0.1) is 0 Å². The van der Waals surface area contributed by atoms with Gasteiger partial charge < -0.3 is 14.3 Å². The third kappa shape index (κ3) is 3.60. The first-order valence-corrected chi connectivity index (χ1v) is 7.53. The van der Waals surface area contributed by atoms with Crippen LogP contribution in [0.15, 0.2) is 52.9 Å². The summed E-state index contributed by atoms with van der Waals surface area (Å²) < 4.78 is 10.5. The van der Waals surface area contributed by atoms with Crippen LogP contribution >= 0.6 is 0 Å². The third-order valence-electron chi connectivity index (χ3n) is 3.46. The molecule has 1 N–H and O–H groups in total. The maximum atomic E-state index is 12.0. The summed E-state index contributed by atoms with van der Waals surface area (Å²) in [5, 5.41) is 16.9. The average molecular weight is 324 g/mol. The van der Waals surface area contributed by atoms with E-state index in [1.807, 2.05) is 31.2 Å². The molecule has 1 aromatic heterocycles. The van der Waals surface area contributed by atoms with Crippen LogP contribution in [0.5, 0.6) is 5.75 Å². The quantitative estimate of drug-likeness (QED) is 0.724. The van der Waals surface area contributed by atoms with E-state index in [2.05, 4.69) is 10.2 Å². The van der Waals surface area contributed by atoms with Crippen molar-refractivity contribution >= 4 is 5.97 Å². The number of aromatic nitrogens is 2. The van der Waals surface area contributed by atoms with Crippen LogP contribution in [-0.4, -0.2) is 21.3 Å². The summed E-state index contributed by atoms with van der Waals surface area (Å²) in [7, 11) is 0. The van der Waals surface area contributed by atoms with Crippen molar-refractivity contribution in [2.24, 2.45) is 0 Å². The van der Waals surface area contributed by atoms with Crippen molar-refractivity contribution in [1.82, 2.24) is 10.2 Å². The van der Waals surface area contributed by atoms with Gasteiger partial charge in [0.05, 0.1) is 5.56 Å². The Hall–Kier alpha value is -3.15. The lowest BCUT2D eigenvalue weighted by Crippen LogP contribution is -2.05. The Kier molecular flexibility index (Phi) is 4.56. The van der Waals surface area contributed by atoms with Crippen LogP contribution in [0.25, 0.3) is 11.1 Å². The molecule has 0 amide bonds. The van der Waals surface area contributed by atoms with Gasteiger partial charge in [0.2, 0.25) is 5.89 Å². The minimum absolute atomic E-state index is 0.0501. The molecule has 1 heterocycles. The van der Waals surface area contributed by atoms with Crippen molar-refractivity contribution < 1.29 is 19.1 Å². The molecule has 6 heteroatoms. The zero-order valence-electron chi connectivity index (χ0n) is 13.1. The number of aromatic hydroxyl groups is 1. The monoisotopic (exact) mass is 324 g/mol. The van der Waals surface area contributed by atoms with Crippen LogP contribution in [-0.2, 0) is 17.8 Å². The van der Waals surface area contributed by atoms with Gasteiger partial charge in [-0.05, 0) is 35.4 Å². The number of benzene rings is 2. The van der Waals surface area contributed by atoms with Crippen molar-refractivity contribution in [2.75, 3.05) is 0 Å². The Morgan fingerprint density at radius 3 is 2.17 bits per heavy atom. The number of hydrogen-bond acceptors (Lipinski definition) is 6. The van der Waals surface area contributed by atoms with Gasteiger partial charge in [0.15, 0.2) is 6.61 Å². The molecular weight excluding hydrogens is 308 g/mol. The molecule has 0 aliphatic carbocycles. The summed E-state index contributed by atoms with van der Waals surface area (Å²) in [6.45, 7) is 1.85. The molecule has 0 unspecified atom stereocenters. The van der Waals surface area contributed by atoms with Gasteiger partial charge in [-0.15, -0.1) is 10.2 Å². The van der Waals surface area contributed by atoms with Crippen LogP contribution < -0.4 is 0 Å². The van der Waals surface area contributed by atoms with Gasteiger partial charge >= 0.3 is 5.97 Å². The second-order valence-corrected chi connectivity index (χ2v) is 5.14. The number of esters is 1. The molecular formula is C18H16N2O4. The van der Waals surface area contributed by atoms with Gasteiger partial charge in [-0.25, -0.2) is 4.79 Å². The number of phenolic OH excluding ortho intramolecular Hbond substituents is 1. The van der Waals surface area contributed by atoms with Gasteiger partial charge in [-0.2, -0.15) is 0 Å². The molecule has 24 heavy (non-hydrogen) atoms. The lowest BCUT2D eigenvalue weighted by atomic mass is 10.0. The predicted molar refractivity (Wildman–Crippen MR) is 86.3 cm³/mol. The van der Waals surface area contributed by atoms with Gasteiger partial charge in [0, 0.05) is 6.42 Å². The maximum Gasteiger partial charge on any atom is 0.338 e. The smallest absolute Gasteiger partial charge is 0.338 e. The zero-order valence-corrected chi connectivity index (χ0v) is 13.1. The minimum Gasteiger partial charge on any atom is -0.508 e. The number of carbonyl (C=O) groups is 1. The molecule has 0 radical (unpaired) electrons. The highest BCUT2D eigenvalue weighted by Crippen LogP contribution is 2.22. The highest BCUT2D eigenvalue weighted by molar-refractivity contribution is 5.90. The lowest BCUT2D eigenvalue weighted by Gasteiger charge is -2.05. The van der Waals surface area contributed by atoms with E-state index in [0.717, 1.165) is 11.1 Å². The van der Waals surface area contributed by atoms with E-state index < -0.39 is 5.97 Å². The first-order chi connectivity index (χ1) is 11.7. The Morgan fingerprint density at radius 2 is 1.58 bits per heavy atom. The zero-order chi connectivity index (χ0) is 16.9.